The summed E-state index contributed by atoms with van der Waals surface area (Å²) in [6, 6.07) is 159. The van der Waals surface area contributed by atoms with Gasteiger partial charge in [0.25, 0.3) is 0 Å². The van der Waals surface area contributed by atoms with Gasteiger partial charge in [0.1, 0.15) is 0 Å². The van der Waals surface area contributed by atoms with Crippen LogP contribution in [0.25, 0.3) is 133 Å². The fraction of sp³-hybridized carbons (Fsp3) is 0. The Labute approximate surface area is 664 Å². The summed E-state index contributed by atoms with van der Waals surface area (Å²) in [6.07, 6.45) is 0. The summed E-state index contributed by atoms with van der Waals surface area (Å²) in [7, 11) is 0. The van der Waals surface area contributed by atoms with Crippen molar-refractivity contribution in [1.82, 2.24) is 0 Å². The second-order valence-corrected chi connectivity index (χ2v) is 30.3. The Kier molecular flexibility index (Phi) is 16.0. The minimum absolute atomic E-state index is 1.24. The van der Waals surface area contributed by atoms with Gasteiger partial charge in [-0.25, -0.2) is 0 Å². The molecule has 18 aromatic rings. The summed E-state index contributed by atoms with van der Waals surface area (Å²) < 4.78 is 0. The zero-order valence-corrected chi connectivity index (χ0v) is 62.6. The molecule has 0 aromatic heterocycles. The molecule has 0 heterocycles. The summed E-state index contributed by atoms with van der Waals surface area (Å²) in [5.41, 5.74) is 47.1. The van der Waals surface area contributed by atoms with Gasteiger partial charge < -0.3 is 0 Å². The van der Waals surface area contributed by atoms with Crippen molar-refractivity contribution in [1.29, 1.82) is 0 Å². The molecule has 6 aliphatic rings. The Morgan fingerprint density at radius 1 is 0.0877 bits per heavy atom. The van der Waals surface area contributed by atoms with Crippen LogP contribution in [0.15, 0.2) is 437 Å². The van der Waals surface area contributed by atoms with E-state index in [-0.39, 0.29) is 0 Å². The molecule has 0 N–H and O–H groups in total. The van der Waals surface area contributed by atoms with E-state index in [1.54, 1.807) is 0 Å². The van der Waals surface area contributed by atoms with Crippen LogP contribution < -0.4 is 0 Å². The number of benzene rings is 18. The molecule has 0 aliphatic heterocycles. The quantitative estimate of drug-likeness (QED) is 0.135. The molecule has 0 nitrogen and oxygen atoms in total. The van der Waals surface area contributed by atoms with Gasteiger partial charge in [-0.05, 0) is 251 Å². The van der Waals surface area contributed by atoms with Crippen molar-refractivity contribution in [3.8, 4) is 33.4 Å². The topological polar surface area (TPSA) is 0 Å². The molecule has 0 atom stereocenters. The Bertz CT molecular complexity index is 7180. The molecule has 24 rings (SSSR count). The summed E-state index contributed by atoms with van der Waals surface area (Å²) in [6.45, 7) is 0. The van der Waals surface area contributed by atoms with Gasteiger partial charge in [0, 0.05) is 0 Å². The van der Waals surface area contributed by atoms with E-state index in [0.29, 0.717) is 0 Å². The molecular weight excluding hydrogens is 1370 g/mol. The van der Waals surface area contributed by atoms with Crippen LogP contribution in [0.4, 0.5) is 0 Å². The number of hydrogen-bond acceptors (Lipinski definition) is 0. The van der Waals surface area contributed by atoms with Crippen molar-refractivity contribution in [3.05, 3.63) is 537 Å². The van der Waals surface area contributed by atoms with E-state index >= 15 is 0 Å². The number of allylic oxidation sites excluding steroid dienone is 6. The number of rotatable bonds is 9. The van der Waals surface area contributed by atoms with Crippen LogP contribution in [0.5, 0.6) is 0 Å². The van der Waals surface area contributed by atoms with Gasteiger partial charge in [-0.3, -0.25) is 0 Å². The molecule has 0 fully saturated rings. The summed E-state index contributed by atoms with van der Waals surface area (Å²) in [5, 5.41) is 7.65. The molecule has 0 amide bonds. The minimum atomic E-state index is 1.24. The molecule has 528 valence electrons. The first-order chi connectivity index (χ1) is 56.6. The lowest BCUT2D eigenvalue weighted by atomic mass is 9.91. The molecule has 0 heteroatoms. The lowest BCUT2D eigenvalue weighted by molar-refractivity contribution is 1.52. The standard InChI is InChI=1S/3C38H24/c1-2-12-27(13-3-1)35-31-16-6-8-18-33(31)38-36(32-17-7-9-19-34(32)37(35)38)28-23-21-26(22-24-28)30-20-10-14-25-11-4-5-15-29(25)30;1-2-12-26(13-3-1)35-31-17-6-8-19-33(31)38-36(32-18-7-9-20-34(32)37(35)38)30-16-10-15-28(24-30)29-22-21-25-11-4-5-14-27(25)23-29;1-2-11-27(12-3-1)35-31-14-6-8-16-33(31)38-36(32-15-7-9-17-34(32)37(35)38)28-21-18-26(19-22-28)30-23-20-25-10-4-5-13-29(25)24-30/h3*1-24H. The van der Waals surface area contributed by atoms with E-state index in [0.717, 1.165) is 0 Å². The first-order valence-electron chi connectivity index (χ1n) is 39.6. The van der Waals surface area contributed by atoms with Gasteiger partial charge in [0.2, 0.25) is 0 Å². The molecule has 0 spiro atoms. The lowest BCUT2D eigenvalue weighted by Gasteiger charge is -2.13. The number of hydrogen-bond donors (Lipinski definition) is 0. The van der Waals surface area contributed by atoms with Crippen molar-refractivity contribution >= 4 is 99.2 Å². The van der Waals surface area contributed by atoms with Crippen molar-refractivity contribution in [2.45, 2.75) is 0 Å². The van der Waals surface area contributed by atoms with Gasteiger partial charge in [0.05, 0.1) is 0 Å². The van der Waals surface area contributed by atoms with E-state index in [2.05, 4.69) is 437 Å². The molecule has 0 saturated heterocycles. The molecule has 0 saturated carbocycles. The summed E-state index contributed by atoms with van der Waals surface area (Å²) in [4.78, 5) is 0. The highest BCUT2D eigenvalue weighted by molar-refractivity contribution is 6.38. The SMILES string of the molecule is c1ccc(C2=C3C(=C(c4ccc(-c5ccc6ccccc6c5)cc4)c4ccccc43)c3ccccc32)cc1.c1ccc(C2=C3C(=C(c4ccc(-c5cccc6ccccc56)cc4)c4ccccc43)c3ccccc32)cc1.c1ccc(C2=C3C(=C(c4cccc(-c5ccc6ccccc6c5)c4)c4ccccc43)c3ccccc32)cc1. The molecular formula is C114H72. The van der Waals surface area contributed by atoms with Crippen LogP contribution in [0.3, 0.4) is 0 Å². The largest absolute Gasteiger partial charge is 0.0622 e. The predicted molar refractivity (Wildman–Crippen MR) is 482 cm³/mol. The molecule has 114 heavy (non-hydrogen) atoms. The van der Waals surface area contributed by atoms with Crippen molar-refractivity contribution in [3.63, 3.8) is 0 Å². The zero-order valence-electron chi connectivity index (χ0n) is 62.6. The predicted octanol–water partition coefficient (Wildman–Crippen LogP) is 29.3. The van der Waals surface area contributed by atoms with Crippen LogP contribution in [-0.4, -0.2) is 0 Å². The van der Waals surface area contributed by atoms with Crippen molar-refractivity contribution in [2.24, 2.45) is 0 Å². The average molecular weight is 1440 g/mol. The molecule has 0 unspecified atom stereocenters. The Morgan fingerprint density at radius 2 is 0.298 bits per heavy atom. The highest BCUT2D eigenvalue weighted by Gasteiger charge is 2.41. The highest BCUT2D eigenvalue weighted by Crippen LogP contribution is 2.62. The van der Waals surface area contributed by atoms with Gasteiger partial charge >= 0.3 is 0 Å². The Morgan fingerprint density at radius 3 is 0.667 bits per heavy atom. The fourth-order valence-electron chi connectivity index (χ4n) is 19.0. The van der Waals surface area contributed by atoms with Crippen LogP contribution in [-0.2, 0) is 0 Å². The van der Waals surface area contributed by atoms with Gasteiger partial charge in [-0.1, -0.05) is 419 Å². The van der Waals surface area contributed by atoms with Crippen LogP contribution in [0.2, 0.25) is 0 Å². The Hall–Kier alpha value is -14.8. The Balaban J connectivity index is 0.000000104. The fourth-order valence-corrected chi connectivity index (χ4v) is 19.0. The third-order valence-corrected chi connectivity index (χ3v) is 24.0. The summed E-state index contributed by atoms with van der Waals surface area (Å²) in [5.74, 6) is 0. The van der Waals surface area contributed by atoms with E-state index < -0.39 is 0 Å². The van der Waals surface area contributed by atoms with E-state index in [4.69, 9.17) is 0 Å². The number of fused-ring (bicyclic) bond motifs is 18. The molecule has 0 bridgehead atoms. The van der Waals surface area contributed by atoms with Crippen LogP contribution >= 0.6 is 0 Å². The third kappa shape index (κ3) is 11.0. The van der Waals surface area contributed by atoms with E-state index in [9.17, 15) is 0 Å². The first-order valence-corrected chi connectivity index (χ1v) is 39.6. The molecule has 0 radical (unpaired) electrons. The second-order valence-electron chi connectivity index (χ2n) is 30.3. The third-order valence-electron chi connectivity index (χ3n) is 24.0. The van der Waals surface area contributed by atoms with Crippen LogP contribution in [0, 0.1) is 0 Å². The van der Waals surface area contributed by atoms with E-state index in [1.807, 2.05) is 0 Å². The van der Waals surface area contributed by atoms with Gasteiger partial charge in [-0.2, -0.15) is 0 Å². The molecule has 6 aliphatic carbocycles. The first kappa shape index (κ1) is 66.2. The monoisotopic (exact) mass is 1440 g/mol. The van der Waals surface area contributed by atoms with Crippen molar-refractivity contribution in [2.75, 3.05) is 0 Å². The zero-order chi connectivity index (χ0) is 75.2. The summed E-state index contributed by atoms with van der Waals surface area (Å²) >= 11 is 0. The smallest absolute Gasteiger partial charge is 0.000763 e. The van der Waals surface area contributed by atoms with Gasteiger partial charge in [-0.15, -0.1) is 0 Å². The maximum atomic E-state index is 2.37. The van der Waals surface area contributed by atoms with Crippen LogP contribution in [0.1, 0.15) is 100 Å². The van der Waals surface area contributed by atoms with E-state index in [1.165, 1.54) is 233 Å². The second kappa shape index (κ2) is 27.6. The highest BCUT2D eigenvalue weighted by atomic mass is 14.4. The maximum absolute atomic E-state index is 2.37. The average Bonchev–Trinajstić information content (AvgIpc) is 1.56. The van der Waals surface area contributed by atoms with Gasteiger partial charge in [0.15, 0.2) is 0 Å². The maximum Gasteiger partial charge on any atom is -0.000763 e. The van der Waals surface area contributed by atoms with Crippen molar-refractivity contribution < 1.29 is 0 Å². The molecule has 18 aromatic carbocycles. The minimum Gasteiger partial charge on any atom is -0.0622 e. The normalized spacial score (nSPS) is 13.6. The lowest BCUT2D eigenvalue weighted by Crippen LogP contribution is -1.92.